The van der Waals surface area contributed by atoms with Crippen LogP contribution in [0, 0.1) is 20.8 Å². The van der Waals surface area contributed by atoms with E-state index < -0.39 is 10.0 Å². The van der Waals surface area contributed by atoms with Gasteiger partial charge in [-0.2, -0.15) is 5.10 Å². The number of aromatic nitrogens is 2. The van der Waals surface area contributed by atoms with Crippen LogP contribution in [0.2, 0.25) is 5.02 Å². The number of halogens is 1. The fourth-order valence-corrected chi connectivity index (χ4v) is 5.04. The van der Waals surface area contributed by atoms with Gasteiger partial charge in [0, 0.05) is 37.8 Å². The monoisotopic (exact) mass is 474 g/mol. The summed E-state index contributed by atoms with van der Waals surface area (Å²) in [5, 5.41) is 4.80. The van der Waals surface area contributed by atoms with Gasteiger partial charge in [-0.05, 0) is 44.5 Å². The molecular formula is C23H27ClN4O3S. The molecule has 3 rings (SSSR count). The molecule has 1 amide bonds. The van der Waals surface area contributed by atoms with Gasteiger partial charge in [0.25, 0.3) is 0 Å². The minimum atomic E-state index is -3.78. The fraction of sp³-hybridized carbons (Fsp3) is 0.304. The highest BCUT2D eigenvalue weighted by atomic mass is 35.5. The normalized spacial score (nSPS) is 11.5. The molecule has 1 heterocycles. The molecule has 0 saturated carbocycles. The number of hydrogen-bond acceptors (Lipinski definition) is 4. The molecule has 0 spiro atoms. The Hall–Kier alpha value is -2.68. The quantitative estimate of drug-likeness (QED) is 0.538. The van der Waals surface area contributed by atoms with Gasteiger partial charge in [-0.1, -0.05) is 41.9 Å². The van der Waals surface area contributed by atoms with Crippen LogP contribution < -0.4 is 4.72 Å². The van der Waals surface area contributed by atoms with Crippen LogP contribution in [0.1, 0.15) is 28.9 Å². The van der Waals surface area contributed by atoms with Crippen LogP contribution in [0.3, 0.4) is 0 Å². The predicted molar refractivity (Wildman–Crippen MR) is 126 cm³/mol. The van der Waals surface area contributed by atoms with Gasteiger partial charge in [0.2, 0.25) is 15.9 Å². The topological polar surface area (TPSA) is 84.3 Å². The first-order valence-electron chi connectivity index (χ1n) is 10.2. The van der Waals surface area contributed by atoms with Gasteiger partial charge in [-0.15, -0.1) is 0 Å². The smallest absolute Gasteiger partial charge is 0.242 e. The van der Waals surface area contributed by atoms with Crippen molar-refractivity contribution < 1.29 is 13.2 Å². The molecule has 2 aromatic carbocycles. The lowest BCUT2D eigenvalue weighted by Crippen LogP contribution is -2.32. The standard InChI is InChI=1S/C23H27ClN4O3S/c1-16-9-5-7-11-21(16)28-18(3)19(17(2)26-28)15-27(4)23(29)13-14-25-32(30,31)22-12-8-6-10-20(22)24/h5-12,25H,13-15H2,1-4H3. The number of benzene rings is 2. The number of carbonyl (C=O) groups is 1. The van der Waals surface area contributed by atoms with Crippen LogP contribution in [-0.2, 0) is 21.4 Å². The maximum Gasteiger partial charge on any atom is 0.242 e. The molecule has 3 aromatic rings. The van der Waals surface area contributed by atoms with Crippen molar-refractivity contribution in [3.63, 3.8) is 0 Å². The van der Waals surface area contributed by atoms with Gasteiger partial charge >= 0.3 is 0 Å². The molecule has 0 bridgehead atoms. The molecule has 0 unspecified atom stereocenters. The van der Waals surface area contributed by atoms with E-state index >= 15 is 0 Å². The second-order valence-corrected chi connectivity index (χ2v) is 9.82. The van der Waals surface area contributed by atoms with Crippen molar-refractivity contribution in [1.29, 1.82) is 0 Å². The van der Waals surface area contributed by atoms with Gasteiger partial charge < -0.3 is 4.90 Å². The van der Waals surface area contributed by atoms with Crippen LogP contribution in [0.5, 0.6) is 0 Å². The predicted octanol–water partition coefficient (Wildman–Crippen LogP) is 3.78. The van der Waals surface area contributed by atoms with E-state index in [9.17, 15) is 13.2 Å². The van der Waals surface area contributed by atoms with E-state index in [0.717, 1.165) is 28.2 Å². The minimum absolute atomic E-state index is 0.00246. The Morgan fingerprint density at radius 3 is 2.44 bits per heavy atom. The van der Waals surface area contributed by atoms with Crippen LogP contribution in [0.4, 0.5) is 0 Å². The van der Waals surface area contributed by atoms with Crippen LogP contribution in [-0.4, -0.2) is 42.6 Å². The third kappa shape index (κ3) is 5.20. The number of hydrogen-bond donors (Lipinski definition) is 1. The van der Waals surface area contributed by atoms with Crippen molar-refractivity contribution in [3.05, 3.63) is 76.1 Å². The lowest BCUT2D eigenvalue weighted by Gasteiger charge is -2.18. The van der Waals surface area contributed by atoms with E-state index in [2.05, 4.69) is 9.82 Å². The summed E-state index contributed by atoms with van der Waals surface area (Å²) < 4.78 is 29.2. The largest absolute Gasteiger partial charge is 0.341 e. The number of aryl methyl sites for hydroxylation is 2. The Balaban J connectivity index is 1.64. The summed E-state index contributed by atoms with van der Waals surface area (Å²) in [6, 6.07) is 14.2. The molecule has 170 valence electrons. The molecule has 0 saturated heterocycles. The van der Waals surface area contributed by atoms with Crippen molar-refractivity contribution >= 4 is 27.5 Å². The second kappa shape index (κ2) is 9.85. The second-order valence-electron chi connectivity index (χ2n) is 7.68. The van der Waals surface area contributed by atoms with Crippen LogP contribution in [0.25, 0.3) is 5.69 Å². The van der Waals surface area contributed by atoms with Crippen molar-refractivity contribution in [2.24, 2.45) is 0 Å². The van der Waals surface area contributed by atoms with Crippen LogP contribution >= 0.6 is 11.6 Å². The lowest BCUT2D eigenvalue weighted by molar-refractivity contribution is -0.130. The number of nitrogens with zero attached hydrogens (tertiary/aromatic N) is 3. The lowest BCUT2D eigenvalue weighted by atomic mass is 10.1. The third-order valence-corrected chi connectivity index (χ3v) is 7.32. The van der Waals surface area contributed by atoms with Crippen molar-refractivity contribution in [2.75, 3.05) is 13.6 Å². The number of carbonyl (C=O) groups excluding carboxylic acids is 1. The summed E-state index contributed by atoms with van der Waals surface area (Å²) >= 11 is 5.97. The molecule has 9 heteroatoms. The van der Waals surface area contributed by atoms with Gasteiger partial charge in [-0.3, -0.25) is 4.79 Å². The van der Waals surface area contributed by atoms with Gasteiger partial charge in [0.15, 0.2) is 0 Å². The Labute approximate surface area is 194 Å². The number of nitrogens with one attached hydrogen (secondary N) is 1. The Morgan fingerprint density at radius 2 is 1.75 bits per heavy atom. The highest BCUT2D eigenvalue weighted by Crippen LogP contribution is 2.22. The molecule has 0 fully saturated rings. The van der Waals surface area contributed by atoms with Crippen molar-refractivity contribution in [2.45, 2.75) is 38.6 Å². The van der Waals surface area contributed by atoms with E-state index in [1.54, 1.807) is 24.1 Å². The molecule has 7 nitrogen and oxygen atoms in total. The van der Waals surface area contributed by atoms with E-state index in [0.29, 0.717) is 6.54 Å². The van der Waals surface area contributed by atoms with Crippen molar-refractivity contribution in [3.8, 4) is 5.69 Å². The Bertz CT molecular complexity index is 1240. The SMILES string of the molecule is Cc1ccccc1-n1nc(C)c(CN(C)C(=O)CCNS(=O)(=O)c2ccccc2Cl)c1C. The van der Waals surface area contributed by atoms with Crippen LogP contribution in [0.15, 0.2) is 53.4 Å². The molecule has 1 aromatic heterocycles. The summed E-state index contributed by atoms with van der Waals surface area (Å²) in [7, 11) is -2.08. The zero-order chi connectivity index (χ0) is 23.5. The summed E-state index contributed by atoms with van der Waals surface area (Å²) in [6.07, 6.45) is 0.0320. The first-order valence-corrected chi connectivity index (χ1v) is 12.1. The molecule has 0 aliphatic heterocycles. The maximum atomic E-state index is 12.6. The summed E-state index contributed by atoms with van der Waals surface area (Å²) in [5.74, 6) is -0.172. The molecule has 1 N–H and O–H groups in total. The zero-order valence-electron chi connectivity index (χ0n) is 18.6. The molecule has 0 atom stereocenters. The maximum absolute atomic E-state index is 12.6. The molecule has 0 radical (unpaired) electrons. The highest BCUT2D eigenvalue weighted by Gasteiger charge is 2.20. The summed E-state index contributed by atoms with van der Waals surface area (Å²) in [5.41, 5.74) is 4.91. The third-order valence-electron chi connectivity index (χ3n) is 5.36. The van der Waals surface area contributed by atoms with Gasteiger partial charge in [0.1, 0.15) is 4.90 Å². The van der Waals surface area contributed by atoms with E-state index in [4.69, 9.17) is 11.6 Å². The van der Waals surface area contributed by atoms with E-state index in [1.165, 1.54) is 12.1 Å². The minimum Gasteiger partial charge on any atom is -0.341 e. The average molecular weight is 475 g/mol. The molecule has 0 aliphatic rings. The van der Waals surface area contributed by atoms with E-state index in [-0.39, 0.29) is 28.8 Å². The first-order chi connectivity index (χ1) is 15.1. The van der Waals surface area contributed by atoms with Crippen molar-refractivity contribution in [1.82, 2.24) is 19.4 Å². The Kier molecular flexibility index (Phi) is 7.38. The first kappa shape index (κ1) is 24.0. The van der Waals surface area contributed by atoms with Gasteiger partial charge in [-0.25, -0.2) is 17.8 Å². The molecular weight excluding hydrogens is 448 g/mol. The fourth-order valence-electron chi connectivity index (χ4n) is 3.49. The van der Waals surface area contributed by atoms with E-state index in [1.807, 2.05) is 49.7 Å². The average Bonchev–Trinajstić information content (AvgIpc) is 3.02. The zero-order valence-corrected chi connectivity index (χ0v) is 20.2. The number of rotatable bonds is 8. The Morgan fingerprint density at radius 1 is 1.09 bits per heavy atom. The number of para-hydroxylation sites is 1. The summed E-state index contributed by atoms with van der Waals surface area (Å²) in [6.45, 7) is 6.31. The number of sulfonamides is 1. The van der Waals surface area contributed by atoms with Gasteiger partial charge in [0.05, 0.1) is 16.4 Å². The summed E-state index contributed by atoms with van der Waals surface area (Å²) in [4.78, 5) is 14.2. The number of amides is 1. The highest BCUT2D eigenvalue weighted by molar-refractivity contribution is 7.89. The molecule has 32 heavy (non-hydrogen) atoms. The molecule has 0 aliphatic carbocycles.